The molecule has 0 saturated carbocycles. The highest BCUT2D eigenvalue weighted by molar-refractivity contribution is 6.32. The van der Waals surface area contributed by atoms with Gasteiger partial charge in [-0.2, -0.15) is 0 Å². The van der Waals surface area contributed by atoms with Crippen molar-refractivity contribution in [2.75, 3.05) is 0 Å². The molecule has 0 aliphatic heterocycles. The summed E-state index contributed by atoms with van der Waals surface area (Å²) in [5.41, 5.74) is -0.0952. The van der Waals surface area contributed by atoms with E-state index in [1.54, 1.807) is 0 Å². The third kappa shape index (κ3) is 3.24. The fourth-order valence-corrected chi connectivity index (χ4v) is 1.65. The van der Waals surface area contributed by atoms with E-state index >= 15 is 0 Å². The van der Waals surface area contributed by atoms with E-state index in [1.807, 2.05) is 13.8 Å². The summed E-state index contributed by atoms with van der Waals surface area (Å²) in [7, 11) is 0. The summed E-state index contributed by atoms with van der Waals surface area (Å²) < 4.78 is 10.8. The molecular weight excluding hydrogens is 286 g/mol. The fraction of sp³-hybridized carbons (Fsp3) is 0.333. The van der Waals surface area contributed by atoms with E-state index in [4.69, 9.17) is 20.8 Å². The van der Waals surface area contributed by atoms with Crippen LogP contribution in [0.4, 0.5) is 5.69 Å². The summed E-state index contributed by atoms with van der Waals surface area (Å²) in [5.74, 6) is 1.31. The minimum Gasteiger partial charge on any atom is -0.482 e. The molecule has 0 aliphatic carbocycles. The Morgan fingerprint density at radius 2 is 2.20 bits per heavy atom. The van der Waals surface area contributed by atoms with Crippen molar-refractivity contribution in [1.82, 2.24) is 10.2 Å². The second-order valence-corrected chi connectivity index (χ2v) is 4.76. The molecule has 0 N–H and O–H groups in total. The molecule has 0 atom stereocenters. The highest BCUT2D eigenvalue weighted by atomic mass is 35.5. The Kier molecular flexibility index (Phi) is 4.19. The summed E-state index contributed by atoms with van der Waals surface area (Å²) in [5, 5.41) is 18.4. The summed E-state index contributed by atoms with van der Waals surface area (Å²) >= 11 is 5.90. The number of nitro groups is 1. The number of hydrogen-bond donors (Lipinski definition) is 0. The lowest BCUT2D eigenvalue weighted by Crippen LogP contribution is -1.97. The Balaban J connectivity index is 2.05. The molecule has 0 amide bonds. The van der Waals surface area contributed by atoms with Gasteiger partial charge >= 0.3 is 0 Å². The van der Waals surface area contributed by atoms with Crippen LogP contribution in [0.25, 0.3) is 0 Å². The number of aromatic nitrogens is 2. The van der Waals surface area contributed by atoms with Crippen molar-refractivity contribution < 1.29 is 14.1 Å². The van der Waals surface area contributed by atoms with E-state index in [0.717, 1.165) is 0 Å². The van der Waals surface area contributed by atoms with Crippen LogP contribution >= 0.6 is 11.6 Å². The van der Waals surface area contributed by atoms with Crippen LogP contribution < -0.4 is 4.74 Å². The number of non-ortho nitro benzene ring substituents is 1. The maximum Gasteiger partial charge on any atom is 0.271 e. The second kappa shape index (κ2) is 5.87. The molecule has 106 valence electrons. The van der Waals surface area contributed by atoms with Gasteiger partial charge in [-0.25, -0.2) is 0 Å². The van der Waals surface area contributed by atoms with Crippen molar-refractivity contribution >= 4 is 17.3 Å². The van der Waals surface area contributed by atoms with Gasteiger partial charge in [0.2, 0.25) is 5.89 Å². The summed E-state index contributed by atoms with van der Waals surface area (Å²) in [6.07, 6.45) is 0. The lowest BCUT2D eigenvalue weighted by Gasteiger charge is -2.05. The standard InChI is InChI=1S/C12H12ClN3O4/c1-7(2)12-15-14-11(20-12)6-19-10-4-3-8(16(17)18)5-9(10)13/h3-5,7H,6H2,1-2H3. The monoisotopic (exact) mass is 297 g/mol. The fourth-order valence-electron chi connectivity index (χ4n) is 1.42. The molecule has 2 aromatic rings. The first-order valence-corrected chi connectivity index (χ1v) is 6.24. The number of hydrogen-bond acceptors (Lipinski definition) is 6. The van der Waals surface area contributed by atoms with Gasteiger partial charge in [-0.15, -0.1) is 10.2 Å². The predicted molar refractivity (Wildman–Crippen MR) is 70.8 cm³/mol. The smallest absolute Gasteiger partial charge is 0.271 e. The molecule has 2 rings (SSSR count). The largest absolute Gasteiger partial charge is 0.482 e. The zero-order valence-corrected chi connectivity index (χ0v) is 11.6. The Morgan fingerprint density at radius 3 is 2.75 bits per heavy atom. The Bertz CT molecular complexity index is 627. The highest BCUT2D eigenvalue weighted by Gasteiger charge is 2.13. The Hall–Kier alpha value is -2.15. The van der Waals surface area contributed by atoms with Gasteiger partial charge in [0.25, 0.3) is 11.6 Å². The molecule has 0 saturated heterocycles. The first-order valence-electron chi connectivity index (χ1n) is 5.86. The van der Waals surface area contributed by atoms with Crippen LogP contribution in [0.5, 0.6) is 5.75 Å². The van der Waals surface area contributed by atoms with Crippen molar-refractivity contribution in [3.05, 3.63) is 45.1 Å². The van der Waals surface area contributed by atoms with Gasteiger partial charge in [0.05, 0.1) is 9.95 Å². The van der Waals surface area contributed by atoms with Gasteiger partial charge in [-0.3, -0.25) is 10.1 Å². The maximum atomic E-state index is 10.6. The van der Waals surface area contributed by atoms with Crippen molar-refractivity contribution in [2.24, 2.45) is 0 Å². The van der Waals surface area contributed by atoms with E-state index in [9.17, 15) is 10.1 Å². The molecule has 20 heavy (non-hydrogen) atoms. The number of nitrogens with zero attached hydrogens (tertiary/aromatic N) is 3. The first kappa shape index (κ1) is 14.3. The number of rotatable bonds is 5. The minimum absolute atomic E-state index is 0.0528. The molecule has 8 heteroatoms. The second-order valence-electron chi connectivity index (χ2n) is 4.35. The van der Waals surface area contributed by atoms with Gasteiger partial charge in [-0.1, -0.05) is 25.4 Å². The predicted octanol–water partition coefficient (Wildman–Crippen LogP) is 3.33. The minimum atomic E-state index is -0.525. The van der Waals surface area contributed by atoms with Gasteiger partial charge in [0.1, 0.15) is 5.75 Å². The Labute approximate surface area is 119 Å². The normalized spacial score (nSPS) is 10.8. The van der Waals surface area contributed by atoms with Crippen LogP contribution in [0.3, 0.4) is 0 Å². The Morgan fingerprint density at radius 1 is 1.45 bits per heavy atom. The van der Waals surface area contributed by atoms with Crippen LogP contribution in [0.15, 0.2) is 22.6 Å². The summed E-state index contributed by atoms with van der Waals surface area (Å²) in [6.45, 7) is 3.92. The highest BCUT2D eigenvalue weighted by Crippen LogP contribution is 2.29. The van der Waals surface area contributed by atoms with Crippen molar-refractivity contribution in [3.8, 4) is 5.75 Å². The first-order chi connectivity index (χ1) is 9.47. The number of nitro benzene ring substituents is 1. The van der Waals surface area contributed by atoms with E-state index in [1.165, 1.54) is 18.2 Å². The number of ether oxygens (including phenoxy) is 1. The lowest BCUT2D eigenvalue weighted by atomic mass is 10.2. The third-order valence-corrected chi connectivity index (χ3v) is 2.75. The third-order valence-electron chi connectivity index (χ3n) is 2.45. The van der Waals surface area contributed by atoms with Gasteiger partial charge in [0, 0.05) is 18.1 Å². The van der Waals surface area contributed by atoms with Crippen LogP contribution in [0, 0.1) is 10.1 Å². The van der Waals surface area contributed by atoms with Crippen LogP contribution in [0.2, 0.25) is 5.02 Å². The summed E-state index contributed by atoms with van der Waals surface area (Å²) in [6, 6.07) is 3.97. The van der Waals surface area contributed by atoms with Gasteiger partial charge in [0.15, 0.2) is 6.61 Å². The SMILES string of the molecule is CC(C)c1nnc(COc2ccc([N+](=O)[O-])cc2Cl)o1. The van der Waals surface area contributed by atoms with Crippen molar-refractivity contribution in [3.63, 3.8) is 0 Å². The molecule has 7 nitrogen and oxygen atoms in total. The molecule has 0 unspecified atom stereocenters. The molecule has 0 aliphatic rings. The van der Waals surface area contributed by atoms with Gasteiger partial charge in [-0.05, 0) is 6.07 Å². The van der Waals surface area contributed by atoms with E-state index < -0.39 is 4.92 Å². The number of halogens is 1. The van der Waals surface area contributed by atoms with E-state index in [0.29, 0.717) is 17.5 Å². The molecule has 1 aromatic carbocycles. The van der Waals surface area contributed by atoms with Crippen molar-refractivity contribution in [1.29, 1.82) is 0 Å². The summed E-state index contributed by atoms with van der Waals surface area (Å²) in [4.78, 5) is 10.1. The average Bonchev–Trinajstić information content (AvgIpc) is 2.86. The molecule has 1 aromatic heterocycles. The topological polar surface area (TPSA) is 91.3 Å². The van der Waals surface area contributed by atoms with Gasteiger partial charge < -0.3 is 9.15 Å². The molecule has 1 heterocycles. The molecule has 0 radical (unpaired) electrons. The number of benzene rings is 1. The molecule has 0 fully saturated rings. The average molecular weight is 298 g/mol. The zero-order valence-electron chi connectivity index (χ0n) is 10.9. The maximum absolute atomic E-state index is 10.6. The molecule has 0 bridgehead atoms. The molecule has 0 spiro atoms. The van der Waals surface area contributed by atoms with Crippen LogP contribution in [-0.2, 0) is 6.61 Å². The van der Waals surface area contributed by atoms with E-state index in [-0.39, 0.29) is 23.2 Å². The lowest BCUT2D eigenvalue weighted by molar-refractivity contribution is -0.384. The van der Waals surface area contributed by atoms with Crippen molar-refractivity contribution in [2.45, 2.75) is 26.4 Å². The van der Waals surface area contributed by atoms with E-state index in [2.05, 4.69) is 10.2 Å². The zero-order chi connectivity index (χ0) is 14.7. The van der Waals surface area contributed by atoms with Crippen LogP contribution in [-0.4, -0.2) is 15.1 Å². The van der Waals surface area contributed by atoms with Crippen LogP contribution in [0.1, 0.15) is 31.5 Å². The quantitative estimate of drug-likeness (QED) is 0.621. The molecular formula is C12H12ClN3O4.